The molecule has 1 unspecified atom stereocenters. The van der Waals surface area contributed by atoms with E-state index >= 15 is 0 Å². The third-order valence-corrected chi connectivity index (χ3v) is 4.19. The molecule has 1 heteroatoms. The van der Waals surface area contributed by atoms with Gasteiger partial charge in [0.2, 0.25) is 0 Å². The van der Waals surface area contributed by atoms with E-state index in [-0.39, 0.29) is 0 Å². The highest BCUT2D eigenvalue weighted by Crippen LogP contribution is 2.26. The summed E-state index contributed by atoms with van der Waals surface area (Å²) in [5.74, 6) is 0. The first kappa shape index (κ1) is 12.3. The summed E-state index contributed by atoms with van der Waals surface area (Å²) in [6.45, 7) is 4.37. The predicted octanol–water partition coefficient (Wildman–Crippen LogP) is 4.27. The Balaban J connectivity index is 1.73. The van der Waals surface area contributed by atoms with Crippen molar-refractivity contribution in [2.75, 3.05) is 5.32 Å². The average Bonchev–Trinajstić information content (AvgIpc) is 2.43. The van der Waals surface area contributed by atoms with E-state index in [0.717, 1.165) is 6.42 Å². The number of para-hydroxylation sites is 1. The number of anilines is 1. The molecule has 19 heavy (non-hydrogen) atoms. The largest absolute Gasteiger partial charge is 0.382 e. The summed E-state index contributed by atoms with van der Waals surface area (Å²) in [6.07, 6.45) is 3.54. The molecular formula is C18H21N. The van der Waals surface area contributed by atoms with Gasteiger partial charge in [-0.2, -0.15) is 0 Å². The van der Waals surface area contributed by atoms with Crippen molar-refractivity contribution in [1.29, 1.82) is 0 Å². The minimum absolute atomic E-state index is 0.567. The van der Waals surface area contributed by atoms with Crippen LogP contribution in [0.25, 0.3) is 0 Å². The Hall–Kier alpha value is -1.76. The SMILES string of the molecule is Cc1ccc(CC2CCc3ccccc3N2)cc1C. The maximum Gasteiger partial charge on any atom is 0.0374 e. The third-order valence-electron chi connectivity index (χ3n) is 4.19. The standard InChI is InChI=1S/C18H21N/c1-13-7-8-15(11-14(13)2)12-17-10-9-16-5-3-4-6-18(16)19-17/h3-8,11,17,19H,9-10,12H2,1-2H3. The molecule has 1 nitrogen and oxygen atoms in total. The summed E-state index contributed by atoms with van der Waals surface area (Å²) >= 11 is 0. The maximum atomic E-state index is 3.68. The molecule has 0 fully saturated rings. The summed E-state index contributed by atoms with van der Waals surface area (Å²) in [5.41, 5.74) is 7.00. The molecule has 0 aliphatic carbocycles. The molecule has 0 aromatic heterocycles. The van der Waals surface area contributed by atoms with E-state index in [4.69, 9.17) is 0 Å². The van der Waals surface area contributed by atoms with Gasteiger partial charge in [0.1, 0.15) is 0 Å². The first-order valence-electron chi connectivity index (χ1n) is 7.13. The van der Waals surface area contributed by atoms with Gasteiger partial charge in [-0.15, -0.1) is 0 Å². The van der Waals surface area contributed by atoms with E-state index in [1.54, 1.807) is 0 Å². The van der Waals surface area contributed by atoms with Crippen LogP contribution in [-0.2, 0) is 12.8 Å². The Kier molecular flexibility index (Phi) is 3.29. The van der Waals surface area contributed by atoms with Gasteiger partial charge in [-0.3, -0.25) is 0 Å². The second-order valence-electron chi connectivity index (χ2n) is 5.66. The molecule has 0 saturated carbocycles. The van der Waals surface area contributed by atoms with Crippen LogP contribution in [0.4, 0.5) is 5.69 Å². The minimum Gasteiger partial charge on any atom is -0.382 e. The van der Waals surface area contributed by atoms with Gasteiger partial charge < -0.3 is 5.32 Å². The van der Waals surface area contributed by atoms with Crippen LogP contribution in [0.1, 0.15) is 28.7 Å². The second kappa shape index (κ2) is 5.08. The van der Waals surface area contributed by atoms with Crippen LogP contribution < -0.4 is 5.32 Å². The number of aryl methyl sites for hydroxylation is 3. The van der Waals surface area contributed by atoms with Crippen LogP contribution in [0, 0.1) is 13.8 Å². The fraction of sp³-hybridized carbons (Fsp3) is 0.333. The Morgan fingerprint density at radius 3 is 2.74 bits per heavy atom. The monoisotopic (exact) mass is 251 g/mol. The predicted molar refractivity (Wildman–Crippen MR) is 81.8 cm³/mol. The molecule has 98 valence electrons. The number of rotatable bonds is 2. The molecule has 1 aliphatic heterocycles. The minimum atomic E-state index is 0.567. The van der Waals surface area contributed by atoms with Crippen LogP contribution in [0.2, 0.25) is 0 Å². The first-order valence-corrected chi connectivity index (χ1v) is 7.13. The number of nitrogens with one attached hydrogen (secondary N) is 1. The van der Waals surface area contributed by atoms with Crippen molar-refractivity contribution in [1.82, 2.24) is 0 Å². The maximum absolute atomic E-state index is 3.68. The molecule has 1 heterocycles. The Bertz CT molecular complexity index is 586. The van der Waals surface area contributed by atoms with E-state index in [0.29, 0.717) is 6.04 Å². The van der Waals surface area contributed by atoms with Crippen molar-refractivity contribution in [3.8, 4) is 0 Å². The summed E-state index contributed by atoms with van der Waals surface area (Å²) in [5, 5.41) is 3.68. The van der Waals surface area contributed by atoms with E-state index < -0.39 is 0 Å². The Morgan fingerprint density at radius 1 is 1.05 bits per heavy atom. The number of fused-ring (bicyclic) bond motifs is 1. The highest BCUT2D eigenvalue weighted by Gasteiger charge is 2.17. The van der Waals surface area contributed by atoms with Crippen LogP contribution in [0.15, 0.2) is 42.5 Å². The number of benzene rings is 2. The van der Waals surface area contributed by atoms with Crippen molar-refractivity contribution < 1.29 is 0 Å². The molecule has 1 atom stereocenters. The molecule has 0 saturated heterocycles. The molecule has 0 amide bonds. The molecule has 0 radical (unpaired) electrons. The summed E-state index contributed by atoms with van der Waals surface area (Å²) < 4.78 is 0. The lowest BCUT2D eigenvalue weighted by molar-refractivity contribution is 0.628. The van der Waals surface area contributed by atoms with Gasteiger partial charge in [0.25, 0.3) is 0 Å². The van der Waals surface area contributed by atoms with Crippen molar-refractivity contribution >= 4 is 5.69 Å². The van der Waals surface area contributed by atoms with E-state index in [1.165, 1.54) is 40.8 Å². The fourth-order valence-electron chi connectivity index (χ4n) is 2.87. The highest BCUT2D eigenvalue weighted by atomic mass is 14.9. The second-order valence-corrected chi connectivity index (χ2v) is 5.66. The normalized spacial score (nSPS) is 17.7. The van der Waals surface area contributed by atoms with Crippen molar-refractivity contribution in [2.45, 2.75) is 39.2 Å². The van der Waals surface area contributed by atoms with Crippen molar-refractivity contribution in [2.24, 2.45) is 0 Å². The fourth-order valence-corrected chi connectivity index (χ4v) is 2.87. The lowest BCUT2D eigenvalue weighted by Crippen LogP contribution is -2.27. The lowest BCUT2D eigenvalue weighted by atomic mass is 9.93. The molecule has 1 N–H and O–H groups in total. The molecule has 1 aliphatic rings. The zero-order valence-corrected chi connectivity index (χ0v) is 11.7. The van der Waals surface area contributed by atoms with Gasteiger partial charge >= 0.3 is 0 Å². The van der Waals surface area contributed by atoms with Crippen LogP contribution >= 0.6 is 0 Å². The van der Waals surface area contributed by atoms with Gasteiger partial charge in [0.05, 0.1) is 0 Å². The molecular weight excluding hydrogens is 230 g/mol. The lowest BCUT2D eigenvalue weighted by Gasteiger charge is -2.27. The third kappa shape index (κ3) is 2.65. The van der Waals surface area contributed by atoms with Crippen molar-refractivity contribution in [3.63, 3.8) is 0 Å². The van der Waals surface area contributed by atoms with E-state index in [2.05, 4.69) is 61.6 Å². The Labute approximate surface area is 115 Å². The van der Waals surface area contributed by atoms with Crippen LogP contribution in [0.3, 0.4) is 0 Å². The molecule has 3 rings (SSSR count). The topological polar surface area (TPSA) is 12.0 Å². The Morgan fingerprint density at radius 2 is 1.89 bits per heavy atom. The van der Waals surface area contributed by atoms with Crippen LogP contribution in [0.5, 0.6) is 0 Å². The zero-order chi connectivity index (χ0) is 13.2. The van der Waals surface area contributed by atoms with Gasteiger partial charge in [-0.1, -0.05) is 36.4 Å². The van der Waals surface area contributed by atoms with Gasteiger partial charge in [-0.25, -0.2) is 0 Å². The van der Waals surface area contributed by atoms with Crippen molar-refractivity contribution in [3.05, 3.63) is 64.7 Å². The number of hydrogen-bond donors (Lipinski definition) is 1. The smallest absolute Gasteiger partial charge is 0.0374 e. The molecule has 0 bridgehead atoms. The number of hydrogen-bond acceptors (Lipinski definition) is 1. The van der Waals surface area contributed by atoms with E-state index in [1.807, 2.05) is 0 Å². The highest BCUT2D eigenvalue weighted by molar-refractivity contribution is 5.54. The van der Waals surface area contributed by atoms with Gasteiger partial charge in [-0.05, 0) is 61.4 Å². The quantitative estimate of drug-likeness (QED) is 0.840. The average molecular weight is 251 g/mol. The van der Waals surface area contributed by atoms with Gasteiger partial charge in [0, 0.05) is 11.7 Å². The van der Waals surface area contributed by atoms with Crippen LogP contribution in [-0.4, -0.2) is 6.04 Å². The molecule has 2 aromatic rings. The summed E-state index contributed by atoms with van der Waals surface area (Å²) in [4.78, 5) is 0. The zero-order valence-electron chi connectivity index (χ0n) is 11.7. The molecule has 2 aromatic carbocycles. The summed E-state index contributed by atoms with van der Waals surface area (Å²) in [6, 6.07) is 16.1. The first-order chi connectivity index (χ1) is 9.22. The summed E-state index contributed by atoms with van der Waals surface area (Å²) in [7, 11) is 0. The molecule has 0 spiro atoms. The van der Waals surface area contributed by atoms with E-state index in [9.17, 15) is 0 Å². The van der Waals surface area contributed by atoms with Gasteiger partial charge in [0.15, 0.2) is 0 Å².